The van der Waals surface area contributed by atoms with Crippen molar-refractivity contribution in [3.63, 3.8) is 0 Å². The molecule has 0 saturated heterocycles. The molecule has 0 fully saturated rings. The van der Waals surface area contributed by atoms with Crippen LogP contribution in [-0.4, -0.2) is 20.9 Å². The number of benzene rings is 1. The molecule has 0 aliphatic carbocycles. The van der Waals surface area contributed by atoms with E-state index in [0.717, 1.165) is 5.56 Å². The number of aromatic nitrogens is 3. The highest BCUT2D eigenvalue weighted by molar-refractivity contribution is 5.89. The molecule has 26 heavy (non-hydrogen) atoms. The van der Waals surface area contributed by atoms with Crippen LogP contribution in [-0.2, 0) is 11.3 Å². The maximum atomic E-state index is 13.0. The van der Waals surface area contributed by atoms with Crippen LogP contribution >= 0.6 is 0 Å². The highest BCUT2D eigenvalue weighted by Gasteiger charge is 2.06. The second kappa shape index (κ2) is 8.02. The van der Waals surface area contributed by atoms with Gasteiger partial charge >= 0.3 is 0 Å². The molecule has 0 saturated carbocycles. The van der Waals surface area contributed by atoms with Crippen LogP contribution < -0.4 is 16.0 Å². The highest BCUT2D eigenvalue weighted by atomic mass is 19.1. The van der Waals surface area contributed by atoms with Crippen molar-refractivity contribution in [2.75, 3.05) is 16.0 Å². The van der Waals surface area contributed by atoms with E-state index >= 15 is 0 Å². The molecule has 0 spiro atoms. The largest absolute Gasteiger partial charge is 0.366 e. The van der Waals surface area contributed by atoms with E-state index in [9.17, 15) is 9.18 Å². The fourth-order valence-corrected chi connectivity index (χ4v) is 2.25. The van der Waals surface area contributed by atoms with Crippen LogP contribution in [0.15, 0.2) is 55.0 Å². The number of hydrogen-bond acceptors (Lipinski definition) is 6. The zero-order chi connectivity index (χ0) is 18.4. The second-order valence-electron chi connectivity index (χ2n) is 5.50. The summed E-state index contributed by atoms with van der Waals surface area (Å²) in [5.41, 5.74) is 1.49. The van der Waals surface area contributed by atoms with Crippen molar-refractivity contribution in [2.24, 2.45) is 0 Å². The first-order valence-corrected chi connectivity index (χ1v) is 7.89. The van der Waals surface area contributed by atoms with Gasteiger partial charge in [0, 0.05) is 43.7 Å². The lowest BCUT2D eigenvalue weighted by molar-refractivity contribution is -0.114. The van der Waals surface area contributed by atoms with Gasteiger partial charge in [0.15, 0.2) is 0 Å². The smallest absolute Gasteiger partial charge is 0.221 e. The first kappa shape index (κ1) is 17.3. The Bertz CT molecular complexity index is 886. The van der Waals surface area contributed by atoms with Crippen LogP contribution in [0.2, 0.25) is 0 Å². The van der Waals surface area contributed by atoms with E-state index < -0.39 is 0 Å². The maximum absolute atomic E-state index is 13.0. The van der Waals surface area contributed by atoms with E-state index in [4.69, 9.17) is 0 Å². The Morgan fingerprint density at radius 3 is 2.54 bits per heavy atom. The number of carbonyl (C=O) groups excluding carboxylic acids is 1. The number of halogens is 1. The molecule has 2 aromatic heterocycles. The fourth-order valence-electron chi connectivity index (χ4n) is 2.25. The molecular weight excluding hydrogens is 335 g/mol. The summed E-state index contributed by atoms with van der Waals surface area (Å²) in [6, 6.07) is 9.60. The fraction of sp³-hybridized carbons (Fsp3) is 0.111. The highest BCUT2D eigenvalue weighted by Crippen LogP contribution is 2.21. The lowest BCUT2D eigenvalue weighted by atomic mass is 10.2. The lowest BCUT2D eigenvalue weighted by Gasteiger charge is -2.12. The van der Waals surface area contributed by atoms with Gasteiger partial charge in [0.1, 0.15) is 23.3 Å². The summed E-state index contributed by atoms with van der Waals surface area (Å²) in [4.78, 5) is 24.0. The van der Waals surface area contributed by atoms with E-state index in [0.29, 0.717) is 29.7 Å². The molecule has 3 rings (SSSR count). The first-order chi connectivity index (χ1) is 12.6. The second-order valence-corrected chi connectivity index (χ2v) is 5.50. The number of hydrogen-bond donors (Lipinski definition) is 3. The van der Waals surface area contributed by atoms with Gasteiger partial charge in [-0.1, -0.05) is 12.1 Å². The van der Waals surface area contributed by atoms with E-state index in [1.807, 2.05) is 0 Å². The number of pyridine rings is 1. The van der Waals surface area contributed by atoms with Gasteiger partial charge in [0.25, 0.3) is 0 Å². The normalized spacial score (nSPS) is 10.2. The molecule has 3 aromatic rings. The van der Waals surface area contributed by atoms with Gasteiger partial charge in [-0.3, -0.25) is 9.78 Å². The minimum atomic E-state index is -0.282. The molecule has 7 nitrogen and oxygen atoms in total. The molecule has 2 heterocycles. The topological polar surface area (TPSA) is 91.8 Å². The van der Waals surface area contributed by atoms with Gasteiger partial charge < -0.3 is 16.0 Å². The van der Waals surface area contributed by atoms with E-state index in [2.05, 4.69) is 30.9 Å². The van der Waals surface area contributed by atoms with Gasteiger partial charge in [-0.05, 0) is 17.7 Å². The van der Waals surface area contributed by atoms with Crippen molar-refractivity contribution in [2.45, 2.75) is 13.5 Å². The molecule has 0 bridgehead atoms. The van der Waals surface area contributed by atoms with Crippen molar-refractivity contribution >= 4 is 29.0 Å². The molecule has 1 aromatic carbocycles. The van der Waals surface area contributed by atoms with Gasteiger partial charge in [-0.25, -0.2) is 14.4 Å². The van der Waals surface area contributed by atoms with E-state index in [1.165, 1.54) is 19.1 Å². The number of anilines is 4. The van der Waals surface area contributed by atoms with Crippen LogP contribution in [0.3, 0.4) is 0 Å². The Morgan fingerprint density at radius 2 is 1.85 bits per heavy atom. The van der Waals surface area contributed by atoms with Crippen molar-refractivity contribution in [3.8, 4) is 0 Å². The van der Waals surface area contributed by atoms with Gasteiger partial charge in [0.05, 0.1) is 6.20 Å². The standard InChI is InChI=1S/C18H17FN6O/c1-12(26)23-15-8-16(22-10-13-2-4-14(19)5-3-13)24-17(9-15)25-18-11-20-6-7-21-18/h2-9,11H,10H2,1H3,(H3,21,22,23,24,25,26). The van der Waals surface area contributed by atoms with Crippen molar-refractivity contribution in [1.82, 2.24) is 15.0 Å². The molecular formula is C18H17FN6O. The maximum Gasteiger partial charge on any atom is 0.221 e. The number of rotatable bonds is 6. The van der Waals surface area contributed by atoms with Crippen LogP contribution in [0.1, 0.15) is 12.5 Å². The van der Waals surface area contributed by atoms with Gasteiger partial charge in [0.2, 0.25) is 5.91 Å². The third-order valence-corrected chi connectivity index (χ3v) is 3.35. The minimum absolute atomic E-state index is 0.189. The molecule has 1 amide bonds. The van der Waals surface area contributed by atoms with Crippen molar-refractivity contribution in [3.05, 3.63) is 66.4 Å². The molecule has 0 radical (unpaired) electrons. The number of nitrogens with one attached hydrogen (secondary N) is 3. The zero-order valence-corrected chi connectivity index (χ0v) is 14.0. The predicted molar refractivity (Wildman–Crippen MR) is 97.6 cm³/mol. The molecule has 132 valence electrons. The summed E-state index contributed by atoms with van der Waals surface area (Å²) in [6.45, 7) is 1.89. The molecule has 3 N–H and O–H groups in total. The summed E-state index contributed by atoms with van der Waals surface area (Å²) < 4.78 is 13.0. The van der Waals surface area contributed by atoms with Crippen molar-refractivity contribution < 1.29 is 9.18 Å². The van der Waals surface area contributed by atoms with Crippen LogP contribution in [0.25, 0.3) is 0 Å². The number of carbonyl (C=O) groups is 1. The molecule has 0 aliphatic rings. The summed E-state index contributed by atoms with van der Waals surface area (Å²) in [5, 5.41) is 8.93. The van der Waals surface area contributed by atoms with Gasteiger partial charge in [-0.2, -0.15) is 0 Å². The minimum Gasteiger partial charge on any atom is -0.366 e. The Morgan fingerprint density at radius 1 is 1.08 bits per heavy atom. The monoisotopic (exact) mass is 352 g/mol. The SMILES string of the molecule is CC(=O)Nc1cc(NCc2ccc(F)cc2)nc(Nc2cnccn2)c1. The molecule has 0 atom stereocenters. The number of amides is 1. The van der Waals surface area contributed by atoms with Crippen LogP contribution in [0.5, 0.6) is 0 Å². The van der Waals surface area contributed by atoms with Crippen LogP contribution in [0.4, 0.5) is 27.5 Å². The third kappa shape index (κ3) is 4.97. The lowest BCUT2D eigenvalue weighted by Crippen LogP contribution is -2.09. The average molecular weight is 352 g/mol. The van der Waals surface area contributed by atoms with Crippen LogP contribution in [0, 0.1) is 5.82 Å². The average Bonchev–Trinajstić information content (AvgIpc) is 2.61. The predicted octanol–water partition coefficient (Wildman–Crippen LogP) is 3.32. The molecule has 0 unspecified atom stereocenters. The Kier molecular flexibility index (Phi) is 5.33. The quantitative estimate of drug-likeness (QED) is 0.630. The molecule has 0 aliphatic heterocycles. The summed E-state index contributed by atoms with van der Waals surface area (Å²) in [5.74, 6) is 1.11. The summed E-state index contributed by atoms with van der Waals surface area (Å²) >= 11 is 0. The van der Waals surface area contributed by atoms with E-state index in [-0.39, 0.29) is 11.7 Å². The summed E-state index contributed by atoms with van der Waals surface area (Å²) in [6.07, 6.45) is 4.70. The number of nitrogens with zero attached hydrogens (tertiary/aromatic N) is 3. The zero-order valence-electron chi connectivity index (χ0n) is 14.0. The van der Waals surface area contributed by atoms with E-state index in [1.54, 1.807) is 42.9 Å². The Balaban J connectivity index is 1.79. The Labute approximate surface area is 149 Å². The van der Waals surface area contributed by atoms with Crippen molar-refractivity contribution in [1.29, 1.82) is 0 Å². The Hall–Kier alpha value is -3.55. The molecule has 8 heteroatoms. The summed E-state index contributed by atoms with van der Waals surface area (Å²) in [7, 11) is 0. The third-order valence-electron chi connectivity index (χ3n) is 3.35. The van der Waals surface area contributed by atoms with Gasteiger partial charge in [-0.15, -0.1) is 0 Å². The first-order valence-electron chi connectivity index (χ1n) is 7.89.